The zero-order valence-electron chi connectivity index (χ0n) is 10.5. The maximum absolute atomic E-state index is 11.0. The van der Waals surface area contributed by atoms with E-state index >= 15 is 0 Å². The number of hydrogen-bond donors (Lipinski definition) is 1. The molecule has 0 saturated carbocycles. The van der Waals surface area contributed by atoms with Crippen LogP contribution in [-0.4, -0.2) is 15.9 Å². The Hall–Kier alpha value is -2.95. The predicted octanol–water partition coefficient (Wildman–Crippen LogP) is 2.52. The average molecular weight is 265 g/mol. The van der Waals surface area contributed by atoms with E-state index in [2.05, 4.69) is 9.97 Å². The van der Waals surface area contributed by atoms with Gasteiger partial charge in [0, 0.05) is 5.56 Å². The number of ether oxygens (including phenoxy) is 1. The molecule has 98 valence electrons. The molecule has 1 aromatic heterocycles. The lowest BCUT2D eigenvalue weighted by Gasteiger charge is -2.05. The molecule has 2 aromatic carbocycles. The molecule has 0 aliphatic heterocycles. The van der Waals surface area contributed by atoms with Gasteiger partial charge in [0.25, 0.3) is 0 Å². The molecule has 0 atom stereocenters. The van der Waals surface area contributed by atoms with Crippen LogP contribution in [0, 0.1) is 0 Å². The van der Waals surface area contributed by atoms with Crippen molar-refractivity contribution in [1.82, 2.24) is 9.97 Å². The summed E-state index contributed by atoms with van der Waals surface area (Å²) >= 11 is 0. The maximum Gasteiger partial charge on any atom is 0.248 e. The highest BCUT2D eigenvalue weighted by atomic mass is 16.5. The number of fused-ring (bicyclic) bond motifs is 1. The van der Waals surface area contributed by atoms with Gasteiger partial charge in [-0.15, -0.1) is 0 Å². The van der Waals surface area contributed by atoms with Crippen LogP contribution in [0.4, 0.5) is 0 Å². The summed E-state index contributed by atoms with van der Waals surface area (Å²) in [7, 11) is 0. The summed E-state index contributed by atoms with van der Waals surface area (Å²) in [5.41, 5.74) is 7.18. The van der Waals surface area contributed by atoms with Crippen LogP contribution >= 0.6 is 0 Å². The van der Waals surface area contributed by atoms with Crippen LogP contribution in [0.25, 0.3) is 11.0 Å². The van der Waals surface area contributed by atoms with Gasteiger partial charge in [0.2, 0.25) is 11.8 Å². The highest BCUT2D eigenvalue weighted by Crippen LogP contribution is 2.21. The van der Waals surface area contributed by atoms with E-state index in [0.29, 0.717) is 17.2 Å². The van der Waals surface area contributed by atoms with Crippen LogP contribution in [0.15, 0.2) is 54.7 Å². The predicted molar refractivity (Wildman–Crippen MR) is 74.6 cm³/mol. The van der Waals surface area contributed by atoms with Crippen molar-refractivity contribution in [3.8, 4) is 11.6 Å². The van der Waals surface area contributed by atoms with Crippen molar-refractivity contribution in [2.45, 2.75) is 0 Å². The fourth-order valence-corrected chi connectivity index (χ4v) is 1.80. The first-order valence-corrected chi connectivity index (χ1v) is 6.02. The number of nitrogens with zero attached hydrogens (tertiary/aromatic N) is 2. The van der Waals surface area contributed by atoms with Gasteiger partial charge in [-0.05, 0) is 36.4 Å². The van der Waals surface area contributed by atoms with Gasteiger partial charge in [0.15, 0.2) is 0 Å². The first-order valence-electron chi connectivity index (χ1n) is 6.02. The van der Waals surface area contributed by atoms with E-state index in [9.17, 15) is 4.79 Å². The monoisotopic (exact) mass is 265 g/mol. The zero-order chi connectivity index (χ0) is 13.9. The summed E-state index contributed by atoms with van der Waals surface area (Å²) in [4.78, 5) is 19.6. The molecule has 3 aromatic rings. The maximum atomic E-state index is 11.0. The number of amides is 1. The first-order chi connectivity index (χ1) is 9.72. The molecule has 20 heavy (non-hydrogen) atoms. The third-order valence-electron chi connectivity index (χ3n) is 2.79. The van der Waals surface area contributed by atoms with E-state index in [4.69, 9.17) is 10.5 Å². The Bertz CT molecular complexity index is 769. The van der Waals surface area contributed by atoms with Crippen LogP contribution < -0.4 is 10.5 Å². The Morgan fingerprint density at radius 1 is 1.00 bits per heavy atom. The van der Waals surface area contributed by atoms with Crippen molar-refractivity contribution in [3.05, 3.63) is 60.3 Å². The summed E-state index contributed by atoms with van der Waals surface area (Å²) in [6, 6.07) is 14.1. The summed E-state index contributed by atoms with van der Waals surface area (Å²) < 4.78 is 5.60. The number of rotatable bonds is 3. The largest absolute Gasteiger partial charge is 0.437 e. The minimum atomic E-state index is -0.470. The first kappa shape index (κ1) is 12.1. The molecule has 0 spiro atoms. The molecule has 0 saturated heterocycles. The smallest absolute Gasteiger partial charge is 0.248 e. The van der Waals surface area contributed by atoms with Gasteiger partial charge < -0.3 is 10.5 Å². The Labute approximate surface area is 115 Å². The Kier molecular flexibility index (Phi) is 3.01. The molecule has 0 bridgehead atoms. The molecule has 0 aliphatic rings. The SMILES string of the molecule is NC(=O)c1ccc(Oc2cnc3ccccc3n2)cc1. The van der Waals surface area contributed by atoms with E-state index in [1.54, 1.807) is 30.5 Å². The molecule has 1 amide bonds. The number of aromatic nitrogens is 2. The molecule has 5 heteroatoms. The van der Waals surface area contributed by atoms with Gasteiger partial charge in [-0.25, -0.2) is 9.97 Å². The van der Waals surface area contributed by atoms with Crippen molar-refractivity contribution >= 4 is 16.9 Å². The number of hydrogen-bond acceptors (Lipinski definition) is 4. The van der Waals surface area contributed by atoms with Crippen molar-refractivity contribution in [2.75, 3.05) is 0 Å². The van der Waals surface area contributed by atoms with Gasteiger partial charge in [-0.2, -0.15) is 0 Å². The highest BCUT2D eigenvalue weighted by Gasteiger charge is 2.03. The summed E-state index contributed by atoms with van der Waals surface area (Å²) in [6.07, 6.45) is 1.56. The number of carbonyl (C=O) groups is 1. The summed E-state index contributed by atoms with van der Waals surface area (Å²) in [5.74, 6) is 0.497. The normalized spacial score (nSPS) is 10.4. The highest BCUT2D eigenvalue weighted by molar-refractivity contribution is 5.92. The summed E-state index contributed by atoms with van der Waals surface area (Å²) in [5, 5.41) is 0. The third kappa shape index (κ3) is 2.42. The van der Waals surface area contributed by atoms with E-state index in [1.807, 2.05) is 24.3 Å². The molecule has 0 fully saturated rings. The van der Waals surface area contributed by atoms with Gasteiger partial charge in [0.05, 0.1) is 17.2 Å². The Morgan fingerprint density at radius 2 is 1.70 bits per heavy atom. The molecule has 5 nitrogen and oxygen atoms in total. The topological polar surface area (TPSA) is 78.1 Å². The lowest BCUT2D eigenvalue weighted by molar-refractivity contribution is 0.100. The lowest BCUT2D eigenvalue weighted by atomic mass is 10.2. The zero-order valence-corrected chi connectivity index (χ0v) is 10.5. The second-order valence-corrected chi connectivity index (χ2v) is 4.19. The number of primary amides is 1. The minimum Gasteiger partial charge on any atom is -0.437 e. The number of para-hydroxylation sites is 2. The second-order valence-electron chi connectivity index (χ2n) is 4.19. The van der Waals surface area contributed by atoms with Gasteiger partial charge in [-0.3, -0.25) is 4.79 Å². The number of nitrogens with two attached hydrogens (primary N) is 1. The molecule has 1 heterocycles. The van der Waals surface area contributed by atoms with Gasteiger partial charge in [0.1, 0.15) is 5.75 Å². The van der Waals surface area contributed by atoms with Crippen molar-refractivity contribution in [1.29, 1.82) is 0 Å². The van der Waals surface area contributed by atoms with Gasteiger partial charge >= 0.3 is 0 Å². The minimum absolute atomic E-state index is 0.399. The Balaban J connectivity index is 1.87. The molecular weight excluding hydrogens is 254 g/mol. The van der Waals surface area contributed by atoms with Crippen LogP contribution in [0.5, 0.6) is 11.6 Å². The van der Waals surface area contributed by atoms with Crippen molar-refractivity contribution in [2.24, 2.45) is 5.73 Å². The van der Waals surface area contributed by atoms with Crippen molar-refractivity contribution in [3.63, 3.8) is 0 Å². The standard InChI is InChI=1S/C15H11N3O2/c16-15(19)10-5-7-11(8-6-10)20-14-9-17-12-3-1-2-4-13(12)18-14/h1-9H,(H2,16,19). The number of benzene rings is 2. The fraction of sp³-hybridized carbons (Fsp3) is 0. The molecule has 0 aliphatic carbocycles. The average Bonchev–Trinajstić information content (AvgIpc) is 2.48. The summed E-state index contributed by atoms with van der Waals surface area (Å²) in [6.45, 7) is 0. The Morgan fingerprint density at radius 3 is 2.40 bits per heavy atom. The van der Waals surface area contributed by atoms with E-state index in [-0.39, 0.29) is 0 Å². The van der Waals surface area contributed by atoms with Crippen LogP contribution in [0.1, 0.15) is 10.4 Å². The lowest BCUT2D eigenvalue weighted by Crippen LogP contribution is -2.10. The quantitative estimate of drug-likeness (QED) is 0.789. The number of carbonyl (C=O) groups excluding carboxylic acids is 1. The second kappa shape index (κ2) is 4.97. The molecule has 0 unspecified atom stereocenters. The molecule has 0 radical (unpaired) electrons. The molecule has 3 rings (SSSR count). The fourth-order valence-electron chi connectivity index (χ4n) is 1.80. The van der Waals surface area contributed by atoms with Crippen LogP contribution in [-0.2, 0) is 0 Å². The van der Waals surface area contributed by atoms with Crippen LogP contribution in [0.2, 0.25) is 0 Å². The van der Waals surface area contributed by atoms with E-state index in [1.165, 1.54) is 0 Å². The molecule has 2 N–H and O–H groups in total. The third-order valence-corrected chi connectivity index (χ3v) is 2.79. The molecular formula is C15H11N3O2. The van der Waals surface area contributed by atoms with Gasteiger partial charge in [-0.1, -0.05) is 12.1 Å². The van der Waals surface area contributed by atoms with Crippen molar-refractivity contribution < 1.29 is 9.53 Å². The van der Waals surface area contributed by atoms with E-state index < -0.39 is 5.91 Å². The van der Waals surface area contributed by atoms with Crippen LogP contribution in [0.3, 0.4) is 0 Å². The van der Waals surface area contributed by atoms with E-state index in [0.717, 1.165) is 11.0 Å².